The summed E-state index contributed by atoms with van der Waals surface area (Å²) in [5.74, 6) is -0.314. The Labute approximate surface area is 119 Å². The highest BCUT2D eigenvalue weighted by atomic mass is 32.2. The molecule has 0 aliphatic carbocycles. The van der Waals surface area contributed by atoms with E-state index in [4.69, 9.17) is 5.73 Å². The maximum atomic E-state index is 12.0. The Hall–Kier alpha value is -1.16. The van der Waals surface area contributed by atoms with Gasteiger partial charge in [0.1, 0.15) is 4.90 Å². The molecule has 1 aromatic rings. The lowest BCUT2D eigenvalue weighted by Crippen LogP contribution is -2.34. The van der Waals surface area contributed by atoms with Crippen molar-refractivity contribution in [1.29, 1.82) is 0 Å². The Morgan fingerprint density at radius 1 is 1.20 bits per heavy atom. The molecule has 20 heavy (non-hydrogen) atoms. The highest BCUT2D eigenvalue weighted by molar-refractivity contribution is 7.90. The van der Waals surface area contributed by atoms with E-state index in [0.29, 0.717) is 0 Å². The van der Waals surface area contributed by atoms with Crippen LogP contribution in [-0.4, -0.2) is 47.5 Å². The van der Waals surface area contributed by atoms with Crippen molar-refractivity contribution >= 4 is 25.7 Å². The van der Waals surface area contributed by atoms with E-state index < -0.39 is 20.0 Å². The van der Waals surface area contributed by atoms with Crippen LogP contribution in [0.5, 0.6) is 0 Å². The Kier molecular flexibility index (Phi) is 5.14. The smallest absolute Gasteiger partial charge is 0.242 e. The molecule has 0 aliphatic heterocycles. The first kappa shape index (κ1) is 16.9. The molecule has 0 saturated carbocycles. The number of nitrogens with two attached hydrogens (primary N) is 1. The molecule has 7 nitrogen and oxygen atoms in total. The van der Waals surface area contributed by atoms with Crippen molar-refractivity contribution in [2.75, 3.05) is 32.1 Å². The predicted octanol–water partition coefficient (Wildman–Crippen LogP) is -0.253. The van der Waals surface area contributed by atoms with Crippen LogP contribution in [0.4, 0.5) is 5.69 Å². The highest BCUT2D eigenvalue weighted by Crippen LogP contribution is 2.19. The fourth-order valence-corrected chi connectivity index (χ4v) is 3.48. The average molecular weight is 321 g/mol. The summed E-state index contributed by atoms with van der Waals surface area (Å²) < 4.78 is 50.4. The van der Waals surface area contributed by atoms with Crippen molar-refractivity contribution in [3.8, 4) is 0 Å². The predicted molar refractivity (Wildman–Crippen MR) is 78.3 cm³/mol. The van der Waals surface area contributed by atoms with E-state index in [1.165, 1.54) is 20.2 Å². The molecule has 0 saturated heterocycles. The standard InChI is InChI=1S/C11H19N3O4S2/c1-9-4-5-11(10(12)8-9)20(17,18)13-6-7-19(15,16)14(2)3/h4-5,8,13H,6-7,12H2,1-3H3. The summed E-state index contributed by atoms with van der Waals surface area (Å²) in [4.78, 5) is -0.0506. The molecular weight excluding hydrogens is 302 g/mol. The Bertz CT molecular complexity index is 682. The lowest BCUT2D eigenvalue weighted by Gasteiger charge is -2.12. The van der Waals surface area contributed by atoms with Gasteiger partial charge in [-0.1, -0.05) is 6.07 Å². The number of nitrogens with one attached hydrogen (secondary N) is 1. The van der Waals surface area contributed by atoms with Gasteiger partial charge >= 0.3 is 0 Å². The number of rotatable bonds is 6. The second kappa shape index (κ2) is 6.08. The molecule has 114 valence electrons. The average Bonchev–Trinajstić information content (AvgIpc) is 2.27. The molecule has 3 N–H and O–H groups in total. The molecule has 1 rings (SSSR count). The summed E-state index contributed by atoms with van der Waals surface area (Å²) in [6, 6.07) is 4.57. The van der Waals surface area contributed by atoms with Gasteiger partial charge in [0.2, 0.25) is 20.0 Å². The normalized spacial score (nSPS) is 12.8. The van der Waals surface area contributed by atoms with E-state index in [1.54, 1.807) is 19.1 Å². The summed E-state index contributed by atoms with van der Waals surface area (Å²) in [5.41, 5.74) is 6.64. The minimum Gasteiger partial charge on any atom is -0.398 e. The van der Waals surface area contributed by atoms with Crippen LogP contribution < -0.4 is 10.5 Å². The van der Waals surface area contributed by atoms with Gasteiger partial charge in [-0.25, -0.2) is 25.9 Å². The molecule has 9 heteroatoms. The van der Waals surface area contributed by atoms with Gasteiger partial charge in [-0.2, -0.15) is 0 Å². The third kappa shape index (κ3) is 4.17. The molecule has 0 heterocycles. The molecule has 0 spiro atoms. The van der Waals surface area contributed by atoms with Crippen molar-refractivity contribution in [2.45, 2.75) is 11.8 Å². The molecular formula is C11H19N3O4S2. The van der Waals surface area contributed by atoms with Crippen LogP contribution in [0, 0.1) is 6.92 Å². The molecule has 0 amide bonds. The van der Waals surface area contributed by atoms with Gasteiger partial charge in [-0.05, 0) is 24.6 Å². The van der Waals surface area contributed by atoms with E-state index in [9.17, 15) is 16.8 Å². The molecule has 0 radical (unpaired) electrons. The number of hydrogen-bond acceptors (Lipinski definition) is 5. The van der Waals surface area contributed by atoms with Crippen LogP contribution in [0.1, 0.15) is 5.56 Å². The molecule has 0 atom stereocenters. The van der Waals surface area contributed by atoms with Crippen LogP contribution in [0.15, 0.2) is 23.1 Å². The molecule has 1 aromatic carbocycles. The fraction of sp³-hybridized carbons (Fsp3) is 0.455. The van der Waals surface area contributed by atoms with Gasteiger partial charge in [0.15, 0.2) is 0 Å². The summed E-state index contributed by atoms with van der Waals surface area (Å²) in [7, 11) is -4.48. The zero-order valence-corrected chi connectivity index (χ0v) is 13.3. The van der Waals surface area contributed by atoms with Gasteiger partial charge in [-0.3, -0.25) is 0 Å². The van der Waals surface area contributed by atoms with Gasteiger partial charge in [0.05, 0.1) is 11.4 Å². The molecule has 0 aliphatic rings. The topological polar surface area (TPSA) is 110 Å². The molecule has 0 aromatic heterocycles. The summed E-state index contributed by atoms with van der Waals surface area (Å²) in [6.07, 6.45) is 0. The van der Waals surface area contributed by atoms with E-state index >= 15 is 0 Å². The van der Waals surface area contributed by atoms with Crippen molar-refractivity contribution in [3.63, 3.8) is 0 Å². The quantitative estimate of drug-likeness (QED) is 0.702. The number of anilines is 1. The largest absolute Gasteiger partial charge is 0.398 e. The number of hydrogen-bond donors (Lipinski definition) is 2. The number of aryl methyl sites for hydroxylation is 1. The highest BCUT2D eigenvalue weighted by Gasteiger charge is 2.19. The molecule has 0 fully saturated rings. The maximum Gasteiger partial charge on any atom is 0.242 e. The number of benzene rings is 1. The summed E-state index contributed by atoms with van der Waals surface area (Å²) >= 11 is 0. The van der Waals surface area contributed by atoms with Crippen molar-refractivity contribution in [2.24, 2.45) is 0 Å². The maximum absolute atomic E-state index is 12.0. The molecule has 0 bridgehead atoms. The molecule has 0 unspecified atom stereocenters. The number of nitrogen functional groups attached to an aromatic ring is 1. The van der Waals surface area contributed by atoms with E-state index in [2.05, 4.69) is 4.72 Å². The van der Waals surface area contributed by atoms with E-state index in [-0.39, 0.29) is 22.9 Å². The van der Waals surface area contributed by atoms with Crippen molar-refractivity contribution in [3.05, 3.63) is 23.8 Å². The summed E-state index contributed by atoms with van der Waals surface area (Å²) in [6.45, 7) is 1.58. The van der Waals surface area contributed by atoms with E-state index in [1.807, 2.05) is 0 Å². The van der Waals surface area contributed by atoms with Gasteiger partial charge in [0.25, 0.3) is 0 Å². The second-order valence-electron chi connectivity index (χ2n) is 4.54. The van der Waals surface area contributed by atoms with Gasteiger partial charge < -0.3 is 5.73 Å². The third-order valence-corrected chi connectivity index (χ3v) is 6.03. The first-order valence-electron chi connectivity index (χ1n) is 5.82. The van der Waals surface area contributed by atoms with Crippen LogP contribution in [0.2, 0.25) is 0 Å². The Morgan fingerprint density at radius 3 is 2.30 bits per heavy atom. The SMILES string of the molecule is Cc1ccc(S(=O)(=O)NCCS(=O)(=O)N(C)C)c(N)c1. The minimum absolute atomic E-state index is 0.0506. The Balaban J connectivity index is 2.82. The Morgan fingerprint density at radius 2 is 1.80 bits per heavy atom. The lowest BCUT2D eigenvalue weighted by atomic mass is 10.2. The second-order valence-corrected chi connectivity index (χ2v) is 8.58. The zero-order chi connectivity index (χ0) is 15.6. The number of nitrogens with zero attached hydrogens (tertiary/aromatic N) is 1. The van der Waals surface area contributed by atoms with Crippen LogP contribution in [-0.2, 0) is 20.0 Å². The minimum atomic E-state index is -3.81. The third-order valence-electron chi connectivity index (χ3n) is 2.66. The van der Waals surface area contributed by atoms with Crippen molar-refractivity contribution in [1.82, 2.24) is 9.03 Å². The summed E-state index contributed by atoms with van der Waals surface area (Å²) in [5, 5.41) is 0. The lowest BCUT2D eigenvalue weighted by molar-refractivity contribution is 0.519. The van der Waals surface area contributed by atoms with Crippen LogP contribution in [0.3, 0.4) is 0 Å². The fourth-order valence-electron chi connectivity index (χ4n) is 1.48. The number of sulfonamides is 2. The van der Waals surface area contributed by atoms with Gasteiger partial charge in [0, 0.05) is 20.6 Å². The van der Waals surface area contributed by atoms with Crippen LogP contribution >= 0.6 is 0 Å². The monoisotopic (exact) mass is 321 g/mol. The first-order valence-corrected chi connectivity index (χ1v) is 8.91. The van der Waals surface area contributed by atoms with Gasteiger partial charge in [-0.15, -0.1) is 0 Å². The zero-order valence-electron chi connectivity index (χ0n) is 11.6. The first-order chi connectivity index (χ1) is 9.06. The van der Waals surface area contributed by atoms with Crippen molar-refractivity contribution < 1.29 is 16.8 Å². The van der Waals surface area contributed by atoms with Crippen LogP contribution in [0.25, 0.3) is 0 Å². The van der Waals surface area contributed by atoms with E-state index in [0.717, 1.165) is 9.87 Å².